The van der Waals surface area contributed by atoms with E-state index in [0.717, 1.165) is 12.1 Å². The zero-order chi connectivity index (χ0) is 19.4. The van der Waals surface area contributed by atoms with Gasteiger partial charge in [0.05, 0.1) is 5.56 Å². The minimum Gasteiger partial charge on any atom is -0.480 e. The number of aliphatic carboxylic acids is 1. The molecule has 0 aliphatic rings. The molecule has 1 rings (SSSR count). The fraction of sp³-hybridized carbons (Fsp3) is 0.529. The maximum absolute atomic E-state index is 13.6. The maximum Gasteiger partial charge on any atom is 0.326 e. The van der Waals surface area contributed by atoms with E-state index in [4.69, 9.17) is 4.43 Å². The summed E-state index contributed by atoms with van der Waals surface area (Å²) in [7, 11) is -2.03. The largest absolute Gasteiger partial charge is 0.480 e. The van der Waals surface area contributed by atoms with Crippen LogP contribution in [0.2, 0.25) is 18.1 Å². The topological polar surface area (TPSA) is 75.6 Å². The first-order valence-corrected chi connectivity index (χ1v) is 10.9. The van der Waals surface area contributed by atoms with Crippen molar-refractivity contribution in [1.82, 2.24) is 5.32 Å². The van der Waals surface area contributed by atoms with Crippen molar-refractivity contribution in [2.75, 3.05) is 6.61 Å². The van der Waals surface area contributed by atoms with Crippen LogP contribution in [0.4, 0.5) is 8.78 Å². The Kier molecular flexibility index (Phi) is 6.84. The van der Waals surface area contributed by atoms with Crippen LogP contribution in [0.3, 0.4) is 0 Å². The molecular formula is C17H25F2NO4Si. The van der Waals surface area contributed by atoms with Gasteiger partial charge in [0.15, 0.2) is 8.32 Å². The highest BCUT2D eigenvalue weighted by Gasteiger charge is 2.37. The molecule has 1 amide bonds. The van der Waals surface area contributed by atoms with Crippen molar-refractivity contribution in [3.05, 3.63) is 35.4 Å². The second-order valence-electron chi connectivity index (χ2n) is 7.39. The van der Waals surface area contributed by atoms with Gasteiger partial charge in [-0.15, -0.1) is 0 Å². The van der Waals surface area contributed by atoms with Crippen LogP contribution in [0.5, 0.6) is 0 Å². The van der Waals surface area contributed by atoms with Gasteiger partial charge in [-0.2, -0.15) is 0 Å². The van der Waals surface area contributed by atoms with Crippen LogP contribution in [-0.4, -0.2) is 37.9 Å². The molecule has 140 valence electrons. The Balaban J connectivity index is 2.72. The third-order valence-corrected chi connectivity index (χ3v) is 8.99. The number of benzene rings is 1. The Bertz CT molecular complexity index is 644. The van der Waals surface area contributed by atoms with Gasteiger partial charge >= 0.3 is 5.97 Å². The summed E-state index contributed by atoms with van der Waals surface area (Å²) in [6.45, 7) is 10.4. The second-order valence-corrected chi connectivity index (χ2v) is 12.2. The molecule has 0 aromatic heterocycles. The van der Waals surface area contributed by atoms with Crippen molar-refractivity contribution in [3.63, 3.8) is 0 Å². The molecule has 0 saturated heterocycles. The Morgan fingerprint density at radius 2 is 1.88 bits per heavy atom. The van der Waals surface area contributed by atoms with Crippen LogP contribution in [0.15, 0.2) is 18.2 Å². The fourth-order valence-corrected chi connectivity index (χ4v) is 2.88. The van der Waals surface area contributed by atoms with E-state index in [2.05, 4.69) is 26.1 Å². The highest BCUT2D eigenvalue weighted by molar-refractivity contribution is 6.74. The second kappa shape index (κ2) is 8.05. The van der Waals surface area contributed by atoms with Gasteiger partial charge in [0, 0.05) is 19.1 Å². The quantitative estimate of drug-likeness (QED) is 0.717. The minimum absolute atomic E-state index is 0.0216. The number of carboxylic acid groups (broad SMARTS) is 1. The van der Waals surface area contributed by atoms with E-state index in [1.807, 2.05) is 13.1 Å². The lowest BCUT2D eigenvalue weighted by Gasteiger charge is -2.36. The molecule has 0 radical (unpaired) electrons. The minimum atomic E-state index is -2.03. The molecule has 0 saturated carbocycles. The maximum atomic E-state index is 13.6. The molecule has 0 unspecified atom stereocenters. The van der Waals surface area contributed by atoms with Crippen molar-refractivity contribution < 1.29 is 27.9 Å². The standard InChI is InChI=1S/C17H25F2NO4Si/c1-17(2,3)25(4,5)24-9-8-14(16(22)23)20-15(21)12-7-6-11(18)10-13(12)19/h6-7,10,14H,8-9H2,1-5H3,(H,20,21)(H,22,23)/t14-/m1/s1. The summed E-state index contributed by atoms with van der Waals surface area (Å²) in [6, 6.07) is 1.27. The smallest absolute Gasteiger partial charge is 0.326 e. The van der Waals surface area contributed by atoms with Gasteiger partial charge in [-0.25, -0.2) is 13.6 Å². The number of hydrogen-bond acceptors (Lipinski definition) is 3. The summed E-state index contributed by atoms with van der Waals surface area (Å²) in [6.07, 6.45) is 0.0520. The Morgan fingerprint density at radius 3 is 2.36 bits per heavy atom. The summed E-state index contributed by atoms with van der Waals surface area (Å²) in [5.41, 5.74) is -0.405. The molecule has 2 N–H and O–H groups in total. The van der Waals surface area contributed by atoms with Gasteiger partial charge in [-0.3, -0.25) is 4.79 Å². The van der Waals surface area contributed by atoms with Crippen molar-refractivity contribution >= 4 is 20.2 Å². The van der Waals surface area contributed by atoms with Crippen LogP contribution in [0.25, 0.3) is 0 Å². The number of halogens is 2. The van der Waals surface area contributed by atoms with Crippen molar-refractivity contribution in [2.45, 2.75) is 51.4 Å². The third kappa shape index (κ3) is 5.89. The summed E-state index contributed by atoms with van der Waals surface area (Å²) >= 11 is 0. The molecular weight excluding hydrogens is 348 g/mol. The number of carbonyl (C=O) groups excluding carboxylic acids is 1. The van der Waals surface area contributed by atoms with Gasteiger partial charge in [-0.1, -0.05) is 20.8 Å². The molecule has 8 heteroatoms. The average Bonchev–Trinajstić information content (AvgIpc) is 2.44. The number of amides is 1. The highest BCUT2D eigenvalue weighted by Crippen LogP contribution is 2.36. The van der Waals surface area contributed by atoms with E-state index >= 15 is 0 Å². The molecule has 0 aliphatic carbocycles. The lowest BCUT2D eigenvalue weighted by molar-refractivity contribution is -0.139. The predicted octanol–water partition coefficient (Wildman–Crippen LogP) is 3.56. The van der Waals surface area contributed by atoms with Crippen LogP contribution < -0.4 is 5.32 Å². The molecule has 25 heavy (non-hydrogen) atoms. The molecule has 0 aliphatic heterocycles. The van der Waals surface area contributed by atoms with E-state index in [9.17, 15) is 23.5 Å². The van der Waals surface area contributed by atoms with Gasteiger partial charge in [0.2, 0.25) is 0 Å². The monoisotopic (exact) mass is 373 g/mol. The molecule has 0 heterocycles. The summed E-state index contributed by atoms with van der Waals surface area (Å²) in [5, 5.41) is 11.5. The van der Waals surface area contributed by atoms with E-state index < -0.39 is 43.4 Å². The zero-order valence-corrected chi connectivity index (χ0v) is 16.2. The van der Waals surface area contributed by atoms with Gasteiger partial charge in [0.25, 0.3) is 5.91 Å². The number of rotatable bonds is 7. The van der Waals surface area contributed by atoms with Crippen molar-refractivity contribution in [3.8, 4) is 0 Å². The van der Waals surface area contributed by atoms with Crippen molar-refractivity contribution in [1.29, 1.82) is 0 Å². The molecule has 0 spiro atoms. The molecule has 1 aromatic carbocycles. The number of hydrogen-bond donors (Lipinski definition) is 2. The van der Waals surface area contributed by atoms with Crippen molar-refractivity contribution in [2.24, 2.45) is 0 Å². The first-order valence-electron chi connectivity index (χ1n) is 7.98. The number of carboxylic acids is 1. The van der Waals surface area contributed by atoms with Gasteiger partial charge in [0.1, 0.15) is 17.7 Å². The normalized spacial score (nSPS) is 13.4. The summed E-state index contributed by atoms with van der Waals surface area (Å²) < 4.78 is 32.4. The van der Waals surface area contributed by atoms with Crippen LogP contribution in [0.1, 0.15) is 37.6 Å². The summed E-state index contributed by atoms with van der Waals surface area (Å²) in [4.78, 5) is 23.4. The van der Waals surface area contributed by atoms with Crippen LogP contribution in [-0.2, 0) is 9.22 Å². The van der Waals surface area contributed by atoms with Crippen LogP contribution in [0, 0.1) is 11.6 Å². The van der Waals surface area contributed by atoms with Gasteiger partial charge in [-0.05, 0) is 30.3 Å². The lowest BCUT2D eigenvalue weighted by atomic mass is 10.1. The van der Waals surface area contributed by atoms with Crippen LogP contribution >= 0.6 is 0 Å². The van der Waals surface area contributed by atoms with Gasteiger partial charge < -0.3 is 14.8 Å². The lowest BCUT2D eigenvalue weighted by Crippen LogP contribution is -2.44. The number of carbonyl (C=O) groups is 2. The molecule has 5 nitrogen and oxygen atoms in total. The zero-order valence-electron chi connectivity index (χ0n) is 15.2. The molecule has 0 bridgehead atoms. The molecule has 1 aromatic rings. The fourth-order valence-electron chi connectivity index (χ4n) is 1.82. The van der Waals surface area contributed by atoms with E-state index in [0.29, 0.717) is 6.07 Å². The first-order chi connectivity index (χ1) is 11.3. The molecule has 0 fully saturated rings. The average molecular weight is 373 g/mol. The Morgan fingerprint density at radius 1 is 1.28 bits per heavy atom. The highest BCUT2D eigenvalue weighted by atomic mass is 28.4. The SMILES string of the molecule is CC(C)(C)[Si](C)(C)OCC[C@@H](NC(=O)c1ccc(F)cc1F)C(=O)O. The summed E-state index contributed by atoms with van der Waals surface area (Å²) in [5.74, 6) is -4.00. The van der Waals surface area contributed by atoms with E-state index in [1.54, 1.807) is 0 Å². The van der Waals surface area contributed by atoms with E-state index in [1.165, 1.54) is 0 Å². The first kappa shape index (κ1) is 21.2. The Labute approximate surface area is 147 Å². The third-order valence-electron chi connectivity index (χ3n) is 4.45. The Hall–Kier alpha value is -1.80. The number of nitrogens with one attached hydrogen (secondary N) is 1. The predicted molar refractivity (Wildman–Crippen MR) is 93.0 cm³/mol. The van der Waals surface area contributed by atoms with E-state index in [-0.39, 0.29) is 18.1 Å². The molecule has 1 atom stereocenters.